The summed E-state index contributed by atoms with van der Waals surface area (Å²) in [7, 11) is 1.60. The van der Waals surface area contributed by atoms with Crippen LogP contribution in [0.2, 0.25) is 5.02 Å². The Bertz CT molecular complexity index is 640. The van der Waals surface area contributed by atoms with Gasteiger partial charge in [-0.25, -0.2) is 0 Å². The van der Waals surface area contributed by atoms with Gasteiger partial charge in [0.25, 0.3) is 5.91 Å². The molecule has 4 nitrogen and oxygen atoms in total. The Hall–Kier alpha value is -2.20. The van der Waals surface area contributed by atoms with Crippen molar-refractivity contribution in [2.75, 3.05) is 7.11 Å². The Balaban J connectivity index is 2.12. The Morgan fingerprint density at radius 1 is 1.24 bits per heavy atom. The van der Waals surface area contributed by atoms with E-state index in [0.717, 1.165) is 11.3 Å². The molecule has 0 radical (unpaired) electrons. The number of benzene rings is 2. The van der Waals surface area contributed by atoms with Gasteiger partial charge in [0, 0.05) is 5.02 Å². The van der Waals surface area contributed by atoms with Crippen LogP contribution in [0, 0.1) is 0 Å². The summed E-state index contributed by atoms with van der Waals surface area (Å²) < 4.78 is 5.09. The number of halogens is 1. The van der Waals surface area contributed by atoms with Crippen molar-refractivity contribution in [3.63, 3.8) is 0 Å². The Morgan fingerprint density at radius 3 is 2.52 bits per heavy atom. The van der Waals surface area contributed by atoms with Crippen LogP contribution in [0.25, 0.3) is 0 Å². The number of ether oxygens (including phenoxy) is 1. The van der Waals surface area contributed by atoms with E-state index in [1.807, 2.05) is 31.2 Å². The van der Waals surface area contributed by atoms with Crippen molar-refractivity contribution in [1.29, 1.82) is 0 Å². The van der Waals surface area contributed by atoms with Crippen LogP contribution in [0.3, 0.4) is 0 Å². The number of phenolic OH excluding ortho intramolecular Hbond substituents is 1. The summed E-state index contributed by atoms with van der Waals surface area (Å²) >= 11 is 5.84. The minimum atomic E-state index is -0.377. The number of hydrogen-bond acceptors (Lipinski definition) is 3. The Morgan fingerprint density at radius 2 is 1.90 bits per heavy atom. The molecule has 110 valence electrons. The maximum Gasteiger partial charge on any atom is 0.255 e. The van der Waals surface area contributed by atoms with Crippen LogP contribution in [0.4, 0.5) is 0 Å². The summed E-state index contributed by atoms with van der Waals surface area (Å²) in [6.45, 7) is 1.86. The van der Waals surface area contributed by atoms with E-state index >= 15 is 0 Å². The lowest BCUT2D eigenvalue weighted by atomic mass is 10.1. The summed E-state index contributed by atoms with van der Waals surface area (Å²) in [4.78, 5) is 12.2. The summed E-state index contributed by atoms with van der Waals surface area (Å²) in [5.74, 6) is 0.280. The van der Waals surface area contributed by atoms with Gasteiger partial charge >= 0.3 is 0 Å². The molecule has 0 saturated heterocycles. The first-order valence-corrected chi connectivity index (χ1v) is 6.82. The maximum absolute atomic E-state index is 12.2. The number of rotatable bonds is 4. The van der Waals surface area contributed by atoms with Crippen LogP contribution in [-0.2, 0) is 0 Å². The lowest BCUT2D eigenvalue weighted by Gasteiger charge is -2.15. The predicted molar refractivity (Wildman–Crippen MR) is 82.0 cm³/mol. The monoisotopic (exact) mass is 305 g/mol. The largest absolute Gasteiger partial charge is 0.507 e. The van der Waals surface area contributed by atoms with Crippen molar-refractivity contribution in [2.24, 2.45) is 0 Å². The van der Waals surface area contributed by atoms with Gasteiger partial charge in [0.2, 0.25) is 0 Å². The third-order valence-corrected chi connectivity index (χ3v) is 3.40. The Kier molecular flexibility index (Phi) is 4.70. The standard InChI is InChI=1S/C16H16ClNO3/c1-10(11-3-6-13(21-2)7-4-11)18-16(20)14-9-12(17)5-8-15(14)19/h3-10,19H,1-2H3,(H,18,20). The van der Waals surface area contributed by atoms with E-state index < -0.39 is 0 Å². The van der Waals surface area contributed by atoms with Crippen molar-refractivity contribution >= 4 is 17.5 Å². The number of amides is 1. The van der Waals surface area contributed by atoms with Crippen molar-refractivity contribution in [3.05, 3.63) is 58.6 Å². The first kappa shape index (κ1) is 15.2. The van der Waals surface area contributed by atoms with Crippen LogP contribution >= 0.6 is 11.6 Å². The highest BCUT2D eigenvalue weighted by Crippen LogP contribution is 2.23. The second kappa shape index (κ2) is 6.50. The van der Waals surface area contributed by atoms with Gasteiger partial charge in [-0.1, -0.05) is 23.7 Å². The average molecular weight is 306 g/mol. The van der Waals surface area contributed by atoms with Gasteiger partial charge in [-0.05, 0) is 42.8 Å². The third kappa shape index (κ3) is 3.67. The molecule has 2 rings (SSSR count). The first-order chi connectivity index (χ1) is 10.0. The number of nitrogens with one attached hydrogen (secondary N) is 1. The SMILES string of the molecule is COc1ccc(C(C)NC(=O)c2cc(Cl)ccc2O)cc1. The van der Waals surface area contributed by atoms with Gasteiger partial charge in [0.05, 0.1) is 18.7 Å². The van der Waals surface area contributed by atoms with Crippen LogP contribution in [0.5, 0.6) is 11.5 Å². The number of carbonyl (C=O) groups excluding carboxylic acids is 1. The molecule has 0 aromatic heterocycles. The third-order valence-electron chi connectivity index (χ3n) is 3.17. The smallest absolute Gasteiger partial charge is 0.255 e. The minimum Gasteiger partial charge on any atom is -0.507 e. The molecule has 0 saturated carbocycles. The van der Waals surface area contributed by atoms with E-state index in [1.54, 1.807) is 7.11 Å². The van der Waals surface area contributed by atoms with Crippen molar-refractivity contribution < 1.29 is 14.6 Å². The molecular weight excluding hydrogens is 290 g/mol. The highest BCUT2D eigenvalue weighted by Gasteiger charge is 2.15. The van der Waals surface area contributed by atoms with Crippen LogP contribution < -0.4 is 10.1 Å². The summed E-state index contributed by atoms with van der Waals surface area (Å²) in [6, 6.07) is 11.6. The maximum atomic E-state index is 12.2. The summed E-state index contributed by atoms with van der Waals surface area (Å²) in [5, 5.41) is 12.9. The lowest BCUT2D eigenvalue weighted by molar-refractivity contribution is 0.0937. The van der Waals surface area contributed by atoms with Crippen LogP contribution in [-0.4, -0.2) is 18.1 Å². The number of phenols is 1. The van der Waals surface area contributed by atoms with Gasteiger partial charge in [0.15, 0.2) is 0 Å². The zero-order chi connectivity index (χ0) is 15.4. The second-order valence-corrected chi connectivity index (χ2v) is 5.07. The predicted octanol–water partition coefficient (Wildman–Crippen LogP) is 3.55. The normalized spacial score (nSPS) is 11.8. The fraction of sp³-hybridized carbons (Fsp3) is 0.188. The lowest BCUT2D eigenvalue weighted by Crippen LogP contribution is -2.26. The van der Waals surface area contributed by atoms with E-state index in [9.17, 15) is 9.90 Å². The van der Waals surface area contributed by atoms with Crippen LogP contribution in [0.15, 0.2) is 42.5 Å². The van der Waals surface area contributed by atoms with E-state index in [-0.39, 0.29) is 23.3 Å². The molecule has 0 aliphatic heterocycles. The van der Waals surface area contributed by atoms with E-state index in [2.05, 4.69) is 5.32 Å². The first-order valence-electron chi connectivity index (χ1n) is 6.44. The molecule has 0 heterocycles. The quantitative estimate of drug-likeness (QED) is 0.908. The highest BCUT2D eigenvalue weighted by molar-refractivity contribution is 6.31. The molecule has 1 unspecified atom stereocenters. The summed E-state index contributed by atoms with van der Waals surface area (Å²) in [5.41, 5.74) is 1.09. The molecule has 0 spiro atoms. The van der Waals surface area contributed by atoms with Gasteiger partial charge in [0.1, 0.15) is 11.5 Å². The fourth-order valence-corrected chi connectivity index (χ4v) is 2.11. The highest BCUT2D eigenvalue weighted by atomic mass is 35.5. The zero-order valence-electron chi connectivity index (χ0n) is 11.8. The average Bonchev–Trinajstić information content (AvgIpc) is 2.49. The number of methoxy groups -OCH3 is 1. The minimum absolute atomic E-state index is 0.0983. The van der Waals surface area contributed by atoms with Gasteiger partial charge in [-0.2, -0.15) is 0 Å². The zero-order valence-corrected chi connectivity index (χ0v) is 12.5. The second-order valence-electron chi connectivity index (χ2n) is 4.63. The number of carbonyl (C=O) groups is 1. The van der Waals surface area contributed by atoms with E-state index in [1.165, 1.54) is 18.2 Å². The fourth-order valence-electron chi connectivity index (χ4n) is 1.94. The van der Waals surface area contributed by atoms with E-state index in [0.29, 0.717) is 5.02 Å². The molecule has 2 aromatic carbocycles. The van der Waals surface area contributed by atoms with Crippen molar-refractivity contribution in [3.8, 4) is 11.5 Å². The molecule has 0 aliphatic carbocycles. The molecule has 21 heavy (non-hydrogen) atoms. The van der Waals surface area contributed by atoms with Crippen LogP contribution in [0.1, 0.15) is 28.9 Å². The molecule has 2 aromatic rings. The summed E-state index contributed by atoms with van der Waals surface area (Å²) in [6.07, 6.45) is 0. The molecule has 0 aliphatic rings. The Labute approximate surface area is 128 Å². The topological polar surface area (TPSA) is 58.6 Å². The molecule has 0 fully saturated rings. The number of hydrogen-bond donors (Lipinski definition) is 2. The number of aromatic hydroxyl groups is 1. The van der Waals surface area contributed by atoms with Crippen molar-refractivity contribution in [1.82, 2.24) is 5.32 Å². The molecule has 1 atom stereocenters. The van der Waals surface area contributed by atoms with Gasteiger partial charge in [-0.15, -0.1) is 0 Å². The molecule has 1 amide bonds. The molecule has 5 heteroatoms. The molecule has 2 N–H and O–H groups in total. The molecular formula is C16H16ClNO3. The van der Waals surface area contributed by atoms with Gasteiger partial charge in [-0.3, -0.25) is 4.79 Å². The van der Waals surface area contributed by atoms with Gasteiger partial charge < -0.3 is 15.2 Å². The molecule has 0 bridgehead atoms. The van der Waals surface area contributed by atoms with E-state index in [4.69, 9.17) is 16.3 Å². The van der Waals surface area contributed by atoms with Crippen molar-refractivity contribution in [2.45, 2.75) is 13.0 Å².